The molecule has 0 aromatic carbocycles. The van der Waals surface area contributed by atoms with E-state index in [9.17, 15) is 14.4 Å². The highest BCUT2D eigenvalue weighted by Gasteiger charge is 2.14. The van der Waals surface area contributed by atoms with Crippen molar-refractivity contribution in [2.75, 3.05) is 6.54 Å². The van der Waals surface area contributed by atoms with Gasteiger partial charge in [0.2, 0.25) is 0 Å². The van der Waals surface area contributed by atoms with Gasteiger partial charge < -0.3 is 32.0 Å². The maximum absolute atomic E-state index is 10.3. The molecule has 0 radical (unpaired) electrons. The molecule has 0 aromatic rings. The van der Waals surface area contributed by atoms with Crippen molar-refractivity contribution < 1.29 is 34.9 Å². The summed E-state index contributed by atoms with van der Waals surface area (Å²) in [5, 5.41) is 33.2. The molecular weight excluding hydrogens is 298 g/mol. The van der Waals surface area contributed by atoms with Crippen LogP contribution in [0.1, 0.15) is 38.5 Å². The SMILES string of the molecule is NC(CCCC(=O)O)C(=O)O.NCCCC[C@H](NO)C(=O)O. The Morgan fingerprint density at radius 3 is 1.91 bits per heavy atom. The zero-order valence-corrected chi connectivity index (χ0v) is 12.3. The number of carboxylic acid groups (broad SMARTS) is 3. The molecule has 0 aliphatic carbocycles. The number of rotatable bonds is 11. The summed E-state index contributed by atoms with van der Waals surface area (Å²) in [6, 6.07) is -1.80. The quantitative estimate of drug-likeness (QED) is 0.187. The smallest absolute Gasteiger partial charge is 0.323 e. The van der Waals surface area contributed by atoms with Gasteiger partial charge in [-0.15, -0.1) is 0 Å². The van der Waals surface area contributed by atoms with E-state index in [2.05, 4.69) is 0 Å². The van der Waals surface area contributed by atoms with Crippen molar-refractivity contribution in [3.63, 3.8) is 0 Å². The first-order chi connectivity index (χ1) is 10.3. The lowest BCUT2D eigenvalue weighted by atomic mass is 10.1. The minimum absolute atomic E-state index is 0.0268. The second-order valence-corrected chi connectivity index (χ2v) is 4.54. The molecule has 2 atom stereocenters. The van der Waals surface area contributed by atoms with Crippen LogP contribution in [0.3, 0.4) is 0 Å². The predicted octanol–water partition coefficient (Wildman–Crippen LogP) is -0.799. The Morgan fingerprint density at radius 1 is 0.955 bits per heavy atom. The third-order valence-corrected chi connectivity index (χ3v) is 2.62. The molecule has 0 heterocycles. The van der Waals surface area contributed by atoms with E-state index in [0.717, 1.165) is 6.42 Å². The fraction of sp³-hybridized carbons (Fsp3) is 0.750. The lowest BCUT2D eigenvalue weighted by Crippen LogP contribution is -2.34. The standard InChI is InChI=1S/C6H14N2O3.C6H11NO4/c7-4-2-1-3-5(8-11)6(9)10;7-4(6(10)11)2-1-3-5(8)9/h5,8,11H,1-4,7H2,(H,9,10);4H,1-3,7H2,(H,8,9)(H,10,11)/t5-;/m0./s1. The summed E-state index contributed by atoms with van der Waals surface area (Å²) < 4.78 is 0. The number of hydrogen-bond donors (Lipinski definition) is 7. The lowest BCUT2D eigenvalue weighted by molar-refractivity contribution is -0.142. The molecule has 0 fully saturated rings. The van der Waals surface area contributed by atoms with E-state index >= 15 is 0 Å². The van der Waals surface area contributed by atoms with Crippen molar-refractivity contribution >= 4 is 17.9 Å². The summed E-state index contributed by atoms with van der Waals surface area (Å²) >= 11 is 0. The van der Waals surface area contributed by atoms with Crippen LogP contribution in [0.2, 0.25) is 0 Å². The highest BCUT2D eigenvalue weighted by Crippen LogP contribution is 1.99. The summed E-state index contributed by atoms with van der Waals surface area (Å²) in [5.74, 6) is -3.05. The molecule has 0 aliphatic rings. The largest absolute Gasteiger partial charge is 0.481 e. The van der Waals surface area contributed by atoms with E-state index in [0.29, 0.717) is 25.8 Å². The number of hydroxylamine groups is 1. The first-order valence-corrected chi connectivity index (χ1v) is 6.78. The fourth-order valence-electron chi connectivity index (χ4n) is 1.33. The van der Waals surface area contributed by atoms with Crippen LogP contribution in [0.5, 0.6) is 0 Å². The molecule has 0 spiro atoms. The minimum Gasteiger partial charge on any atom is -0.481 e. The van der Waals surface area contributed by atoms with Crippen molar-refractivity contribution in [2.24, 2.45) is 11.5 Å². The third kappa shape index (κ3) is 14.7. The molecule has 1 unspecified atom stereocenters. The molecule has 130 valence electrons. The van der Waals surface area contributed by atoms with Crippen molar-refractivity contribution in [1.82, 2.24) is 5.48 Å². The van der Waals surface area contributed by atoms with Crippen molar-refractivity contribution in [3.8, 4) is 0 Å². The van der Waals surface area contributed by atoms with E-state index in [1.165, 1.54) is 0 Å². The number of carbonyl (C=O) groups is 3. The first kappa shape index (κ1) is 22.5. The number of nitrogens with one attached hydrogen (secondary N) is 1. The molecule has 0 rings (SSSR count). The Hall–Kier alpha value is -1.75. The third-order valence-electron chi connectivity index (χ3n) is 2.62. The summed E-state index contributed by atoms with van der Waals surface area (Å²) in [6.45, 7) is 0.553. The van der Waals surface area contributed by atoms with Crippen LogP contribution in [-0.2, 0) is 14.4 Å². The summed E-state index contributed by atoms with van der Waals surface area (Å²) in [6.07, 6.45) is 2.39. The Bertz CT molecular complexity index is 339. The molecule has 0 aliphatic heterocycles. The molecule has 10 nitrogen and oxygen atoms in total. The predicted molar refractivity (Wildman–Crippen MR) is 76.3 cm³/mol. The van der Waals surface area contributed by atoms with Gasteiger partial charge in [-0.1, -0.05) is 0 Å². The zero-order valence-electron chi connectivity index (χ0n) is 12.3. The molecule has 0 bridgehead atoms. The molecule has 22 heavy (non-hydrogen) atoms. The maximum Gasteiger partial charge on any atom is 0.323 e. The monoisotopic (exact) mass is 323 g/mol. The van der Waals surface area contributed by atoms with Gasteiger partial charge in [0.25, 0.3) is 0 Å². The summed E-state index contributed by atoms with van der Waals surface area (Å²) in [5.41, 5.74) is 12.0. The minimum atomic E-state index is -1.09. The Kier molecular flexibility index (Phi) is 14.5. The van der Waals surface area contributed by atoms with Crippen molar-refractivity contribution in [3.05, 3.63) is 0 Å². The first-order valence-electron chi connectivity index (χ1n) is 6.78. The van der Waals surface area contributed by atoms with Crippen LogP contribution in [0.15, 0.2) is 0 Å². The van der Waals surface area contributed by atoms with Gasteiger partial charge in [-0.25, -0.2) is 0 Å². The zero-order chi connectivity index (χ0) is 17.5. The van der Waals surface area contributed by atoms with Gasteiger partial charge >= 0.3 is 17.9 Å². The van der Waals surface area contributed by atoms with Crippen LogP contribution in [0.4, 0.5) is 0 Å². The summed E-state index contributed by atoms with van der Waals surface area (Å²) in [7, 11) is 0. The van der Waals surface area contributed by atoms with E-state index < -0.39 is 30.0 Å². The van der Waals surface area contributed by atoms with Gasteiger partial charge in [-0.05, 0) is 38.6 Å². The van der Waals surface area contributed by atoms with Crippen LogP contribution >= 0.6 is 0 Å². The molecule has 0 amide bonds. The Balaban J connectivity index is 0. The van der Waals surface area contributed by atoms with E-state index in [-0.39, 0.29) is 12.8 Å². The van der Waals surface area contributed by atoms with Crippen LogP contribution < -0.4 is 16.9 Å². The highest BCUT2D eigenvalue weighted by atomic mass is 16.5. The van der Waals surface area contributed by atoms with Gasteiger partial charge in [0.1, 0.15) is 12.1 Å². The fourth-order valence-corrected chi connectivity index (χ4v) is 1.33. The van der Waals surface area contributed by atoms with Crippen LogP contribution in [0.25, 0.3) is 0 Å². The number of hydrogen-bond acceptors (Lipinski definition) is 7. The van der Waals surface area contributed by atoms with Gasteiger partial charge in [-0.3, -0.25) is 14.4 Å². The Morgan fingerprint density at radius 2 is 1.55 bits per heavy atom. The summed E-state index contributed by atoms with van der Waals surface area (Å²) in [4.78, 5) is 30.3. The van der Waals surface area contributed by atoms with Crippen LogP contribution in [-0.4, -0.2) is 57.1 Å². The lowest BCUT2D eigenvalue weighted by Gasteiger charge is -2.08. The molecule has 0 aromatic heterocycles. The van der Waals surface area contributed by atoms with Crippen LogP contribution in [0, 0.1) is 0 Å². The second-order valence-electron chi connectivity index (χ2n) is 4.54. The topological polar surface area (TPSA) is 196 Å². The average molecular weight is 323 g/mol. The van der Waals surface area contributed by atoms with Gasteiger partial charge in [0.05, 0.1) is 0 Å². The van der Waals surface area contributed by atoms with Gasteiger partial charge in [0, 0.05) is 6.42 Å². The molecular formula is C12H25N3O7. The van der Waals surface area contributed by atoms with E-state index in [1.54, 1.807) is 5.48 Å². The van der Waals surface area contributed by atoms with Gasteiger partial charge in [0.15, 0.2) is 0 Å². The maximum atomic E-state index is 10.3. The molecule has 0 saturated heterocycles. The van der Waals surface area contributed by atoms with E-state index in [1.807, 2.05) is 0 Å². The number of carboxylic acids is 3. The van der Waals surface area contributed by atoms with Gasteiger partial charge in [-0.2, -0.15) is 5.48 Å². The Labute approximate surface area is 128 Å². The molecule has 0 saturated carbocycles. The highest BCUT2D eigenvalue weighted by molar-refractivity contribution is 5.73. The van der Waals surface area contributed by atoms with Crippen molar-refractivity contribution in [1.29, 1.82) is 0 Å². The number of nitrogens with two attached hydrogens (primary N) is 2. The normalized spacial score (nSPS) is 12.7. The van der Waals surface area contributed by atoms with Crippen molar-refractivity contribution in [2.45, 2.75) is 50.6 Å². The second kappa shape index (κ2) is 14.2. The van der Waals surface area contributed by atoms with E-state index in [4.69, 9.17) is 32.0 Å². The molecule has 9 N–H and O–H groups in total. The average Bonchev–Trinajstić information content (AvgIpc) is 2.43. The number of aliphatic carboxylic acids is 3. The number of unbranched alkanes of at least 4 members (excludes halogenated alkanes) is 1. The molecule has 10 heteroatoms.